The van der Waals surface area contributed by atoms with Crippen molar-refractivity contribution in [3.8, 4) is 0 Å². The van der Waals surface area contributed by atoms with Crippen LogP contribution < -0.4 is 0 Å². The first-order valence-corrected chi connectivity index (χ1v) is 7.50. The van der Waals surface area contributed by atoms with E-state index in [1.165, 1.54) is 16.5 Å². The van der Waals surface area contributed by atoms with Crippen LogP contribution >= 0.6 is 0 Å². The average molecular weight is 273 g/mol. The largest absolute Gasteiger partial charge is 0.379 e. The second kappa shape index (κ2) is 8.24. The van der Waals surface area contributed by atoms with Crippen LogP contribution in [0.15, 0.2) is 35.8 Å². The molecule has 0 radical (unpaired) electrons. The fourth-order valence-corrected chi connectivity index (χ4v) is 2.91. The Morgan fingerprint density at radius 3 is 2.17 bits per heavy atom. The Morgan fingerprint density at radius 1 is 1.28 bits per heavy atom. The van der Waals surface area contributed by atoms with Crippen LogP contribution in [-0.2, 0) is 14.8 Å². The van der Waals surface area contributed by atoms with Gasteiger partial charge in [-0.15, -0.1) is 0 Å². The first-order valence-electron chi connectivity index (χ1n) is 6.06. The highest BCUT2D eigenvalue weighted by atomic mass is 32.2. The van der Waals surface area contributed by atoms with Crippen molar-refractivity contribution < 1.29 is 13.2 Å². The Bertz CT molecular complexity index is 404. The molecule has 0 aromatic heterocycles. The van der Waals surface area contributed by atoms with Gasteiger partial charge < -0.3 is 4.74 Å². The van der Waals surface area contributed by atoms with E-state index in [1.54, 1.807) is 6.92 Å². The van der Waals surface area contributed by atoms with E-state index in [-0.39, 0.29) is 4.91 Å². The lowest BCUT2D eigenvalue weighted by molar-refractivity contribution is 0.0734. The molecule has 1 saturated heterocycles. The fourth-order valence-electron chi connectivity index (χ4n) is 1.42. The van der Waals surface area contributed by atoms with E-state index in [4.69, 9.17) is 4.74 Å². The summed E-state index contributed by atoms with van der Waals surface area (Å²) in [6, 6.07) is 0. The van der Waals surface area contributed by atoms with Crippen molar-refractivity contribution in [3.05, 3.63) is 35.8 Å². The van der Waals surface area contributed by atoms with Crippen LogP contribution in [0.3, 0.4) is 0 Å². The van der Waals surface area contributed by atoms with Gasteiger partial charge in [-0.2, -0.15) is 4.31 Å². The van der Waals surface area contributed by atoms with Gasteiger partial charge in [-0.3, -0.25) is 0 Å². The summed E-state index contributed by atoms with van der Waals surface area (Å²) in [5.41, 5.74) is 0.687. The van der Waals surface area contributed by atoms with Gasteiger partial charge in [0.05, 0.1) is 18.1 Å². The van der Waals surface area contributed by atoms with Gasteiger partial charge in [-0.05, 0) is 19.1 Å². The number of morpholine rings is 1. The highest BCUT2D eigenvalue weighted by molar-refractivity contribution is 7.93. The summed E-state index contributed by atoms with van der Waals surface area (Å²) in [7, 11) is -3.43. The molecule has 0 aromatic rings. The molecule has 18 heavy (non-hydrogen) atoms. The van der Waals surface area contributed by atoms with E-state index in [0.717, 1.165) is 0 Å². The van der Waals surface area contributed by atoms with Gasteiger partial charge in [-0.25, -0.2) is 8.42 Å². The molecule has 0 aliphatic carbocycles. The first kappa shape index (κ1) is 17.1. The van der Waals surface area contributed by atoms with Crippen LogP contribution in [0.5, 0.6) is 0 Å². The summed E-state index contributed by atoms with van der Waals surface area (Å²) in [6.07, 6.45) is 2.87. The second-order valence-electron chi connectivity index (χ2n) is 3.61. The number of nitrogens with zero attached hydrogens (tertiary/aromatic N) is 1. The second-order valence-corrected chi connectivity index (χ2v) is 5.55. The minimum atomic E-state index is -3.43. The fraction of sp³-hybridized carbons (Fsp3) is 0.538. The minimum absolute atomic E-state index is 0.196. The SMILES string of the molecule is C=C/C(=C\C(=C)C)S(=O)(=O)N1CCOCC1.CC. The smallest absolute Gasteiger partial charge is 0.243 e. The quantitative estimate of drug-likeness (QED) is 0.739. The number of hydrogen-bond donors (Lipinski definition) is 0. The number of allylic oxidation sites excluding steroid dienone is 3. The topological polar surface area (TPSA) is 46.6 Å². The summed E-state index contributed by atoms with van der Waals surface area (Å²) in [4.78, 5) is 0.196. The van der Waals surface area contributed by atoms with Crippen LogP contribution in [-0.4, -0.2) is 39.0 Å². The Balaban J connectivity index is 0.00000137. The van der Waals surface area contributed by atoms with Crippen LogP contribution in [0.1, 0.15) is 20.8 Å². The van der Waals surface area contributed by atoms with Crippen molar-refractivity contribution in [1.29, 1.82) is 0 Å². The minimum Gasteiger partial charge on any atom is -0.379 e. The first-order chi connectivity index (χ1) is 8.48. The van der Waals surface area contributed by atoms with Crippen LogP contribution in [0.4, 0.5) is 0 Å². The van der Waals surface area contributed by atoms with Crippen molar-refractivity contribution in [1.82, 2.24) is 4.31 Å². The van der Waals surface area contributed by atoms with Gasteiger partial charge in [0.15, 0.2) is 0 Å². The predicted octanol–water partition coefficient (Wildman–Crippen LogP) is 2.32. The Morgan fingerprint density at radius 2 is 1.78 bits per heavy atom. The van der Waals surface area contributed by atoms with Gasteiger partial charge in [-0.1, -0.05) is 32.6 Å². The average Bonchev–Trinajstić information content (AvgIpc) is 2.39. The van der Waals surface area contributed by atoms with Crippen LogP contribution in [0, 0.1) is 0 Å². The third kappa shape index (κ3) is 4.76. The van der Waals surface area contributed by atoms with Gasteiger partial charge in [0.2, 0.25) is 10.0 Å². The summed E-state index contributed by atoms with van der Waals surface area (Å²) in [6.45, 7) is 14.6. The Labute approximate surface area is 111 Å². The number of rotatable bonds is 4. The molecule has 1 aliphatic rings. The molecule has 104 valence electrons. The summed E-state index contributed by atoms with van der Waals surface area (Å²) < 4.78 is 30.8. The maximum Gasteiger partial charge on any atom is 0.243 e. The van der Waals surface area contributed by atoms with Crippen LogP contribution in [0.2, 0.25) is 0 Å². The van der Waals surface area contributed by atoms with Crippen molar-refractivity contribution in [2.24, 2.45) is 0 Å². The van der Waals surface area contributed by atoms with Crippen molar-refractivity contribution in [2.45, 2.75) is 20.8 Å². The zero-order valence-electron chi connectivity index (χ0n) is 11.5. The van der Waals surface area contributed by atoms with E-state index in [0.29, 0.717) is 31.9 Å². The highest BCUT2D eigenvalue weighted by Crippen LogP contribution is 2.17. The predicted molar refractivity (Wildman–Crippen MR) is 75.8 cm³/mol. The molecule has 0 spiro atoms. The molecule has 1 aliphatic heterocycles. The Kier molecular flexibility index (Phi) is 7.82. The lowest BCUT2D eigenvalue weighted by atomic mass is 10.3. The lowest BCUT2D eigenvalue weighted by Gasteiger charge is -2.26. The van der Waals surface area contributed by atoms with Crippen molar-refractivity contribution >= 4 is 10.0 Å². The monoisotopic (exact) mass is 273 g/mol. The van der Waals surface area contributed by atoms with E-state index < -0.39 is 10.0 Å². The standard InChI is InChI=1S/C11H17NO3S.C2H6/c1-4-11(9-10(2)3)16(13,14)12-5-7-15-8-6-12;1-2/h4,9H,1-2,5-8H2,3H3;1-2H3/b11-9+;. The molecule has 0 N–H and O–H groups in total. The highest BCUT2D eigenvalue weighted by Gasteiger charge is 2.26. The molecule has 0 aromatic carbocycles. The van der Waals surface area contributed by atoms with E-state index in [1.807, 2.05) is 13.8 Å². The number of ether oxygens (including phenoxy) is 1. The van der Waals surface area contributed by atoms with Gasteiger partial charge in [0, 0.05) is 13.1 Å². The molecule has 0 saturated carbocycles. The summed E-state index contributed by atoms with van der Waals surface area (Å²) in [5, 5.41) is 0. The van der Waals surface area contributed by atoms with E-state index >= 15 is 0 Å². The number of sulfonamides is 1. The third-order valence-corrected chi connectivity index (χ3v) is 4.12. The Hall–Kier alpha value is -0.910. The molecule has 1 heterocycles. The van der Waals surface area contributed by atoms with Gasteiger partial charge in [0.1, 0.15) is 0 Å². The maximum atomic E-state index is 12.1. The van der Waals surface area contributed by atoms with E-state index in [2.05, 4.69) is 13.2 Å². The lowest BCUT2D eigenvalue weighted by Crippen LogP contribution is -2.40. The third-order valence-electron chi connectivity index (χ3n) is 2.20. The zero-order chi connectivity index (χ0) is 14.2. The van der Waals surface area contributed by atoms with Crippen molar-refractivity contribution in [2.75, 3.05) is 26.3 Å². The normalized spacial score (nSPS) is 17.6. The molecular weight excluding hydrogens is 250 g/mol. The molecular formula is C13H23NO3S. The van der Waals surface area contributed by atoms with Gasteiger partial charge >= 0.3 is 0 Å². The summed E-state index contributed by atoms with van der Waals surface area (Å²) >= 11 is 0. The molecule has 5 heteroatoms. The number of hydrogen-bond acceptors (Lipinski definition) is 3. The molecule has 1 fully saturated rings. The van der Waals surface area contributed by atoms with Crippen LogP contribution in [0.25, 0.3) is 0 Å². The van der Waals surface area contributed by atoms with Gasteiger partial charge in [0.25, 0.3) is 0 Å². The van der Waals surface area contributed by atoms with Crippen molar-refractivity contribution in [3.63, 3.8) is 0 Å². The summed E-state index contributed by atoms with van der Waals surface area (Å²) in [5.74, 6) is 0. The molecule has 0 atom stereocenters. The molecule has 0 bridgehead atoms. The zero-order valence-corrected chi connectivity index (χ0v) is 12.3. The molecule has 4 nitrogen and oxygen atoms in total. The molecule has 1 rings (SSSR count). The van der Waals surface area contributed by atoms with E-state index in [9.17, 15) is 8.42 Å². The molecule has 0 amide bonds. The molecule has 0 unspecified atom stereocenters. The maximum absolute atomic E-state index is 12.1.